The number of methoxy groups -OCH3 is 1. The van der Waals surface area contributed by atoms with Crippen molar-refractivity contribution in [3.05, 3.63) is 65.2 Å². The Morgan fingerprint density at radius 2 is 2.03 bits per heavy atom. The fourth-order valence-corrected chi connectivity index (χ4v) is 3.82. The number of nitrogens with zero attached hydrogens (tertiary/aromatic N) is 3. The van der Waals surface area contributed by atoms with Crippen LogP contribution in [0.1, 0.15) is 29.4 Å². The van der Waals surface area contributed by atoms with Crippen molar-refractivity contribution in [2.45, 2.75) is 20.0 Å². The van der Waals surface area contributed by atoms with Gasteiger partial charge in [0.05, 0.1) is 24.1 Å². The SMILES string of the molecule is COc1cccc(-c2nc(COC(=O)c3ccc(N4CCC(C)=N4)cc3)cs2)c1. The lowest BCUT2D eigenvalue weighted by atomic mass is 10.2. The molecule has 0 saturated carbocycles. The highest BCUT2D eigenvalue weighted by molar-refractivity contribution is 7.13. The zero-order valence-electron chi connectivity index (χ0n) is 16.3. The first-order chi connectivity index (χ1) is 14.1. The summed E-state index contributed by atoms with van der Waals surface area (Å²) in [5.74, 6) is 0.414. The summed E-state index contributed by atoms with van der Waals surface area (Å²) in [6.07, 6.45) is 0.967. The summed E-state index contributed by atoms with van der Waals surface area (Å²) >= 11 is 1.51. The molecule has 0 N–H and O–H groups in total. The topological polar surface area (TPSA) is 64.0 Å². The van der Waals surface area contributed by atoms with Gasteiger partial charge in [0, 0.05) is 29.6 Å². The number of thiazole rings is 1. The number of hydrogen-bond donors (Lipinski definition) is 0. The summed E-state index contributed by atoms with van der Waals surface area (Å²) < 4.78 is 10.7. The molecule has 0 aliphatic carbocycles. The highest BCUT2D eigenvalue weighted by Gasteiger charge is 2.14. The van der Waals surface area contributed by atoms with Gasteiger partial charge in [0.25, 0.3) is 0 Å². The molecule has 3 aromatic rings. The smallest absolute Gasteiger partial charge is 0.338 e. The third-order valence-corrected chi connectivity index (χ3v) is 5.54. The van der Waals surface area contributed by atoms with Crippen LogP contribution < -0.4 is 9.75 Å². The zero-order chi connectivity index (χ0) is 20.2. The summed E-state index contributed by atoms with van der Waals surface area (Å²) in [5, 5.41) is 9.17. The Labute approximate surface area is 173 Å². The molecule has 0 atom stereocenters. The Bertz CT molecular complexity index is 1040. The van der Waals surface area contributed by atoms with Crippen LogP contribution in [0.15, 0.2) is 59.0 Å². The molecule has 2 heterocycles. The molecule has 29 heavy (non-hydrogen) atoms. The van der Waals surface area contributed by atoms with E-state index in [4.69, 9.17) is 9.47 Å². The van der Waals surface area contributed by atoms with Crippen LogP contribution in [0.5, 0.6) is 5.75 Å². The summed E-state index contributed by atoms with van der Waals surface area (Å²) in [6, 6.07) is 15.0. The van der Waals surface area contributed by atoms with Crippen LogP contribution in [0, 0.1) is 0 Å². The number of rotatable bonds is 6. The Morgan fingerprint density at radius 3 is 2.76 bits per heavy atom. The van der Waals surface area contributed by atoms with E-state index >= 15 is 0 Å². The van der Waals surface area contributed by atoms with E-state index in [1.165, 1.54) is 11.3 Å². The number of aromatic nitrogens is 1. The summed E-state index contributed by atoms with van der Waals surface area (Å²) in [4.78, 5) is 16.9. The minimum atomic E-state index is -0.367. The minimum Gasteiger partial charge on any atom is -0.497 e. The first-order valence-electron chi connectivity index (χ1n) is 9.30. The number of hydrazone groups is 1. The van der Waals surface area contributed by atoms with Gasteiger partial charge in [-0.3, -0.25) is 5.01 Å². The van der Waals surface area contributed by atoms with Gasteiger partial charge < -0.3 is 9.47 Å². The van der Waals surface area contributed by atoms with Gasteiger partial charge in [0.15, 0.2) is 0 Å². The predicted octanol–water partition coefficient (Wildman–Crippen LogP) is 4.76. The molecule has 0 bridgehead atoms. The Kier molecular flexibility index (Phi) is 5.57. The van der Waals surface area contributed by atoms with Crippen LogP contribution in [0.4, 0.5) is 5.69 Å². The lowest BCUT2D eigenvalue weighted by Gasteiger charge is -2.13. The van der Waals surface area contributed by atoms with Gasteiger partial charge in [-0.05, 0) is 43.3 Å². The standard InChI is InChI=1S/C22H21N3O3S/c1-15-10-11-25(24-15)19-8-6-16(7-9-19)22(26)28-13-18-14-29-21(23-18)17-4-3-5-20(12-17)27-2/h3-9,12,14H,10-11,13H2,1-2H3. The molecule has 6 nitrogen and oxygen atoms in total. The van der Waals surface area contributed by atoms with Crippen LogP contribution in [0.25, 0.3) is 10.6 Å². The second-order valence-corrected chi connectivity index (χ2v) is 7.57. The average molecular weight is 407 g/mol. The highest BCUT2D eigenvalue weighted by Crippen LogP contribution is 2.27. The minimum absolute atomic E-state index is 0.136. The molecule has 7 heteroatoms. The lowest BCUT2D eigenvalue weighted by molar-refractivity contribution is 0.0468. The molecule has 0 amide bonds. The van der Waals surface area contributed by atoms with E-state index in [-0.39, 0.29) is 12.6 Å². The number of hydrogen-bond acceptors (Lipinski definition) is 7. The van der Waals surface area contributed by atoms with Gasteiger partial charge in [-0.15, -0.1) is 11.3 Å². The van der Waals surface area contributed by atoms with Gasteiger partial charge in [-0.25, -0.2) is 9.78 Å². The first-order valence-corrected chi connectivity index (χ1v) is 10.2. The number of carbonyl (C=O) groups is 1. The number of benzene rings is 2. The fourth-order valence-electron chi connectivity index (χ4n) is 3.01. The maximum atomic E-state index is 12.4. The molecular weight excluding hydrogens is 386 g/mol. The molecule has 0 unspecified atom stereocenters. The number of carbonyl (C=O) groups excluding carboxylic acids is 1. The molecule has 0 spiro atoms. The van der Waals surface area contributed by atoms with Crippen LogP contribution >= 0.6 is 11.3 Å². The summed E-state index contributed by atoms with van der Waals surface area (Å²) in [6.45, 7) is 3.02. The molecule has 1 aliphatic heterocycles. The van der Waals surface area contributed by atoms with E-state index in [1.54, 1.807) is 19.2 Å². The third kappa shape index (κ3) is 4.46. The largest absolute Gasteiger partial charge is 0.497 e. The van der Waals surface area contributed by atoms with Crippen molar-refractivity contribution >= 4 is 28.7 Å². The molecule has 1 aromatic heterocycles. The zero-order valence-corrected chi connectivity index (χ0v) is 17.1. The summed E-state index contributed by atoms with van der Waals surface area (Å²) in [7, 11) is 1.64. The van der Waals surface area contributed by atoms with E-state index in [2.05, 4.69) is 10.1 Å². The van der Waals surface area contributed by atoms with Gasteiger partial charge in [-0.2, -0.15) is 5.10 Å². The van der Waals surface area contributed by atoms with Gasteiger partial charge in [0.1, 0.15) is 17.4 Å². The van der Waals surface area contributed by atoms with Gasteiger partial charge in [0.2, 0.25) is 0 Å². The molecule has 0 radical (unpaired) electrons. The van der Waals surface area contributed by atoms with Crippen LogP contribution in [-0.4, -0.2) is 30.3 Å². The molecule has 4 rings (SSSR count). The predicted molar refractivity (Wildman–Crippen MR) is 115 cm³/mol. The molecule has 0 saturated heterocycles. The number of esters is 1. The molecule has 148 valence electrons. The fraction of sp³-hybridized carbons (Fsp3) is 0.227. The monoisotopic (exact) mass is 407 g/mol. The van der Waals surface area contributed by atoms with Crippen molar-refractivity contribution in [1.82, 2.24) is 4.98 Å². The quantitative estimate of drug-likeness (QED) is 0.551. The van der Waals surface area contributed by atoms with Crippen molar-refractivity contribution in [2.24, 2.45) is 5.10 Å². The van der Waals surface area contributed by atoms with Crippen LogP contribution in [0.3, 0.4) is 0 Å². The highest BCUT2D eigenvalue weighted by atomic mass is 32.1. The van der Waals surface area contributed by atoms with Crippen molar-refractivity contribution < 1.29 is 14.3 Å². The van der Waals surface area contributed by atoms with E-state index in [1.807, 2.05) is 53.7 Å². The maximum Gasteiger partial charge on any atom is 0.338 e. The van der Waals surface area contributed by atoms with Gasteiger partial charge in [-0.1, -0.05) is 12.1 Å². The molecule has 1 aliphatic rings. The Hall–Kier alpha value is -3.19. The van der Waals surface area contributed by atoms with E-state index in [0.717, 1.165) is 46.4 Å². The lowest BCUT2D eigenvalue weighted by Crippen LogP contribution is -2.12. The number of ether oxygens (including phenoxy) is 2. The van der Waals surface area contributed by atoms with Gasteiger partial charge >= 0.3 is 5.97 Å². The maximum absolute atomic E-state index is 12.4. The second-order valence-electron chi connectivity index (χ2n) is 6.71. The van der Waals surface area contributed by atoms with Crippen LogP contribution in [0.2, 0.25) is 0 Å². The molecule has 2 aromatic carbocycles. The van der Waals surface area contributed by atoms with Crippen molar-refractivity contribution in [3.8, 4) is 16.3 Å². The average Bonchev–Trinajstić information content (AvgIpc) is 3.41. The normalized spacial score (nSPS) is 13.3. The van der Waals surface area contributed by atoms with E-state index < -0.39 is 0 Å². The van der Waals surface area contributed by atoms with Crippen LogP contribution in [-0.2, 0) is 11.3 Å². The Morgan fingerprint density at radius 1 is 1.21 bits per heavy atom. The van der Waals surface area contributed by atoms with Crippen molar-refractivity contribution in [3.63, 3.8) is 0 Å². The molecule has 0 fully saturated rings. The van der Waals surface area contributed by atoms with Crippen molar-refractivity contribution in [2.75, 3.05) is 18.7 Å². The Balaban J connectivity index is 1.37. The third-order valence-electron chi connectivity index (χ3n) is 4.60. The van der Waals surface area contributed by atoms with E-state index in [9.17, 15) is 4.79 Å². The summed E-state index contributed by atoms with van der Waals surface area (Å²) in [5.41, 5.74) is 4.30. The number of anilines is 1. The second kappa shape index (κ2) is 8.45. The van der Waals surface area contributed by atoms with Crippen molar-refractivity contribution in [1.29, 1.82) is 0 Å². The van der Waals surface area contributed by atoms with E-state index in [0.29, 0.717) is 5.56 Å². The molecular formula is C22H21N3O3S. The first kappa shape index (κ1) is 19.1.